The number of Topliss-reactive ketones (excluding diaryl/α,β-unsaturated/α-hetero) is 1. The third kappa shape index (κ3) is 4.90. The van der Waals surface area contributed by atoms with Gasteiger partial charge in [-0.2, -0.15) is 0 Å². The van der Waals surface area contributed by atoms with Gasteiger partial charge in [0.05, 0.1) is 24.3 Å². The van der Waals surface area contributed by atoms with Crippen molar-refractivity contribution in [3.63, 3.8) is 0 Å². The number of carbonyl (C=O) groups excluding carboxylic acids is 2. The fourth-order valence-electron chi connectivity index (χ4n) is 2.16. The van der Waals surface area contributed by atoms with Gasteiger partial charge in [0.2, 0.25) is 5.91 Å². The summed E-state index contributed by atoms with van der Waals surface area (Å²) in [5.41, 5.74) is 1.42. The Hall–Kier alpha value is -2.67. The van der Waals surface area contributed by atoms with Crippen molar-refractivity contribution in [1.29, 1.82) is 0 Å². The number of ether oxygens (including phenoxy) is 2. The van der Waals surface area contributed by atoms with Crippen LogP contribution in [0.5, 0.6) is 11.5 Å². The van der Waals surface area contributed by atoms with Crippen molar-refractivity contribution in [2.45, 2.75) is 20.8 Å². The van der Waals surface area contributed by atoms with Crippen molar-refractivity contribution in [1.82, 2.24) is 4.98 Å². The summed E-state index contributed by atoms with van der Waals surface area (Å²) in [5, 5.41) is 3.07. The second kappa shape index (κ2) is 8.43. The molecule has 0 aliphatic heterocycles. The Balaban J connectivity index is 2.07. The van der Waals surface area contributed by atoms with Gasteiger partial charge in [0, 0.05) is 13.0 Å². The number of benzene rings is 1. The van der Waals surface area contributed by atoms with E-state index < -0.39 is 0 Å². The van der Waals surface area contributed by atoms with E-state index in [4.69, 9.17) is 9.47 Å². The van der Waals surface area contributed by atoms with Gasteiger partial charge in [0.25, 0.3) is 0 Å². The molecule has 0 fully saturated rings. The van der Waals surface area contributed by atoms with E-state index in [9.17, 15) is 9.59 Å². The van der Waals surface area contributed by atoms with Crippen LogP contribution < -0.4 is 14.8 Å². The van der Waals surface area contributed by atoms with E-state index in [1.54, 1.807) is 32.2 Å². The minimum Gasteiger partial charge on any atom is -0.493 e. The van der Waals surface area contributed by atoms with Gasteiger partial charge in [0.15, 0.2) is 22.4 Å². The molecule has 0 aliphatic carbocycles. The summed E-state index contributed by atoms with van der Waals surface area (Å²) in [4.78, 5) is 28.2. The fraction of sp³-hybridized carbons (Fsp3) is 0.278. The Morgan fingerprint density at radius 3 is 2.68 bits per heavy atom. The lowest BCUT2D eigenvalue weighted by Crippen LogP contribution is -2.07. The third-order valence-electron chi connectivity index (χ3n) is 3.26. The standard InChI is InChI=1S/C18H20N2O4S/c1-5-24-14-8-6-13(10-15(14)23-4)7-9-16(22)20-18-19-11(2)17(25-18)12(3)21/h6-10H,5H2,1-4H3,(H,19,20,22)/b9-7+. The van der Waals surface area contributed by atoms with Gasteiger partial charge in [0.1, 0.15) is 0 Å². The lowest BCUT2D eigenvalue weighted by atomic mass is 10.2. The number of methoxy groups -OCH3 is 1. The van der Waals surface area contributed by atoms with Gasteiger partial charge in [-0.1, -0.05) is 17.4 Å². The van der Waals surface area contributed by atoms with Crippen molar-refractivity contribution in [2.24, 2.45) is 0 Å². The van der Waals surface area contributed by atoms with Gasteiger partial charge >= 0.3 is 0 Å². The lowest BCUT2D eigenvalue weighted by Gasteiger charge is -2.09. The predicted octanol–water partition coefficient (Wildman–Crippen LogP) is 3.71. The second-order valence-electron chi connectivity index (χ2n) is 5.16. The highest BCUT2D eigenvalue weighted by molar-refractivity contribution is 7.17. The minimum absolute atomic E-state index is 0.0625. The molecule has 132 valence electrons. The Bertz CT molecular complexity index is 811. The summed E-state index contributed by atoms with van der Waals surface area (Å²) in [7, 11) is 1.56. The normalized spacial score (nSPS) is 10.7. The van der Waals surface area contributed by atoms with E-state index in [1.807, 2.05) is 13.0 Å². The second-order valence-corrected chi connectivity index (χ2v) is 6.15. The van der Waals surface area contributed by atoms with Crippen LogP contribution in [0.1, 0.15) is 34.8 Å². The smallest absolute Gasteiger partial charge is 0.250 e. The number of rotatable bonds is 7. The number of ketones is 1. The molecule has 2 aromatic rings. The molecule has 1 aromatic heterocycles. The molecule has 2 rings (SSSR count). The summed E-state index contributed by atoms with van der Waals surface area (Å²) >= 11 is 1.17. The number of carbonyl (C=O) groups is 2. The van der Waals surface area contributed by atoms with Gasteiger partial charge in [-0.05, 0) is 37.6 Å². The van der Waals surface area contributed by atoms with Crippen molar-refractivity contribution in [3.8, 4) is 11.5 Å². The van der Waals surface area contributed by atoms with Crippen LogP contribution in [0.3, 0.4) is 0 Å². The number of nitrogens with one attached hydrogen (secondary N) is 1. The molecule has 0 aliphatic rings. The highest BCUT2D eigenvalue weighted by Crippen LogP contribution is 2.28. The zero-order valence-electron chi connectivity index (χ0n) is 14.6. The molecule has 7 heteroatoms. The largest absolute Gasteiger partial charge is 0.493 e. The molecule has 0 atom stereocenters. The highest BCUT2D eigenvalue weighted by atomic mass is 32.1. The van der Waals surface area contributed by atoms with Crippen molar-refractivity contribution >= 4 is 34.2 Å². The van der Waals surface area contributed by atoms with E-state index >= 15 is 0 Å². The number of aromatic nitrogens is 1. The topological polar surface area (TPSA) is 77.5 Å². The van der Waals surface area contributed by atoms with Gasteiger partial charge in [-0.3, -0.25) is 14.9 Å². The number of nitrogens with zero attached hydrogens (tertiary/aromatic N) is 1. The zero-order valence-corrected chi connectivity index (χ0v) is 15.4. The van der Waals surface area contributed by atoms with E-state index in [0.29, 0.717) is 33.8 Å². The maximum Gasteiger partial charge on any atom is 0.250 e. The molecule has 1 amide bonds. The molecule has 1 aromatic carbocycles. The molecular weight excluding hydrogens is 340 g/mol. The fourth-order valence-corrected chi connectivity index (χ4v) is 3.02. The quantitative estimate of drug-likeness (QED) is 0.601. The van der Waals surface area contributed by atoms with E-state index in [1.165, 1.54) is 24.3 Å². The molecule has 0 radical (unpaired) electrons. The molecule has 1 heterocycles. The average molecular weight is 360 g/mol. The maximum atomic E-state index is 12.0. The first kappa shape index (κ1) is 18.7. The molecule has 0 saturated carbocycles. The molecule has 0 saturated heterocycles. The third-order valence-corrected chi connectivity index (χ3v) is 4.43. The predicted molar refractivity (Wildman–Crippen MR) is 98.7 cm³/mol. The summed E-state index contributed by atoms with van der Waals surface area (Å²) in [6.07, 6.45) is 3.07. The maximum absolute atomic E-state index is 12.0. The minimum atomic E-state index is -0.322. The molecule has 0 spiro atoms. The van der Waals surface area contributed by atoms with Gasteiger partial charge in [-0.25, -0.2) is 4.98 Å². The summed E-state index contributed by atoms with van der Waals surface area (Å²) in [6, 6.07) is 5.41. The zero-order chi connectivity index (χ0) is 18.4. The molecule has 1 N–H and O–H groups in total. The summed E-state index contributed by atoms with van der Waals surface area (Å²) in [5.74, 6) is 0.872. The van der Waals surface area contributed by atoms with Crippen LogP contribution in [0.2, 0.25) is 0 Å². The number of hydrogen-bond donors (Lipinski definition) is 1. The van der Waals surface area contributed by atoms with Gasteiger partial charge < -0.3 is 9.47 Å². The molecule has 0 unspecified atom stereocenters. The Morgan fingerprint density at radius 1 is 1.32 bits per heavy atom. The summed E-state index contributed by atoms with van der Waals surface area (Å²) in [6.45, 7) is 5.66. The first-order valence-electron chi connectivity index (χ1n) is 7.72. The monoisotopic (exact) mass is 360 g/mol. The van der Waals surface area contributed by atoms with Crippen LogP contribution in [0, 0.1) is 6.92 Å². The molecule has 25 heavy (non-hydrogen) atoms. The highest BCUT2D eigenvalue weighted by Gasteiger charge is 2.12. The Morgan fingerprint density at radius 2 is 2.08 bits per heavy atom. The number of anilines is 1. The van der Waals surface area contributed by atoms with E-state index in [2.05, 4.69) is 10.3 Å². The van der Waals surface area contributed by atoms with E-state index in [-0.39, 0.29) is 11.7 Å². The number of amides is 1. The number of hydrogen-bond acceptors (Lipinski definition) is 6. The molecular formula is C18H20N2O4S. The van der Waals surface area contributed by atoms with Crippen LogP contribution in [0.4, 0.5) is 5.13 Å². The summed E-state index contributed by atoms with van der Waals surface area (Å²) < 4.78 is 10.7. The van der Waals surface area contributed by atoms with Crippen LogP contribution in [-0.4, -0.2) is 30.4 Å². The molecule has 6 nitrogen and oxygen atoms in total. The van der Waals surface area contributed by atoms with Crippen LogP contribution in [0.15, 0.2) is 24.3 Å². The first-order chi connectivity index (χ1) is 11.9. The van der Waals surface area contributed by atoms with E-state index in [0.717, 1.165) is 5.56 Å². The van der Waals surface area contributed by atoms with Crippen molar-refractivity contribution < 1.29 is 19.1 Å². The van der Waals surface area contributed by atoms with Crippen molar-refractivity contribution in [2.75, 3.05) is 19.0 Å². The first-order valence-corrected chi connectivity index (χ1v) is 8.54. The Labute approximate surface area is 150 Å². The molecule has 0 bridgehead atoms. The van der Waals surface area contributed by atoms with Gasteiger partial charge in [-0.15, -0.1) is 0 Å². The Kier molecular flexibility index (Phi) is 6.30. The van der Waals surface area contributed by atoms with Crippen LogP contribution in [-0.2, 0) is 4.79 Å². The number of thiazole rings is 1. The average Bonchev–Trinajstić information content (AvgIpc) is 2.94. The van der Waals surface area contributed by atoms with Crippen LogP contribution >= 0.6 is 11.3 Å². The lowest BCUT2D eigenvalue weighted by molar-refractivity contribution is -0.111. The van der Waals surface area contributed by atoms with Crippen molar-refractivity contribution in [3.05, 3.63) is 40.4 Å². The van der Waals surface area contributed by atoms with Crippen LogP contribution in [0.25, 0.3) is 6.08 Å². The SMILES string of the molecule is CCOc1ccc(/C=C/C(=O)Nc2nc(C)c(C(C)=O)s2)cc1OC. The number of aryl methyl sites for hydroxylation is 1.